The van der Waals surface area contributed by atoms with Gasteiger partial charge >= 0.3 is 5.97 Å². The number of carboxylic acid groups (broad SMARTS) is 1. The van der Waals surface area contributed by atoms with Crippen LogP contribution in [0.25, 0.3) is 29.2 Å². The molecule has 0 radical (unpaired) electrons. The van der Waals surface area contributed by atoms with E-state index in [2.05, 4.69) is 10.1 Å². The number of hydrogen-bond donors (Lipinski definition) is 2. The third kappa shape index (κ3) is 4.79. The van der Waals surface area contributed by atoms with Crippen molar-refractivity contribution in [1.82, 2.24) is 14.8 Å². The van der Waals surface area contributed by atoms with E-state index in [1.54, 1.807) is 41.1 Å². The van der Waals surface area contributed by atoms with Gasteiger partial charge in [0.05, 0.1) is 11.3 Å². The number of para-hydroxylation sites is 2. The fourth-order valence-electron chi connectivity index (χ4n) is 2.98. The fraction of sp³-hybridized carbons (Fsp3) is 0.0417. The van der Waals surface area contributed by atoms with Gasteiger partial charge in [-0.05, 0) is 48.0 Å². The Bertz CT molecular complexity index is 1220. The largest absolute Gasteiger partial charge is 0.507 e. The lowest BCUT2D eigenvalue weighted by Gasteiger charge is -2.06. The van der Waals surface area contributed by atoms with Gasteiger partial charge in [0.25, 0.3) is 0 Å². The molecular weight excluding hydrogens is 394 g/mol. The molecule has 2 N–H and O–H groups in total. The average Bonchev–Trinajstić information content (AvgIpc) is 3.22. The molecule has 0 bridgehead atoms. The summed E-state index contributed by atoms with van der Waals surface area (Å²) in [5, 5.41) is 23.6. The normalized spacial score (nSPS) is 11.0. The molecule has 1 heterocycles. The molecular formula is C24H19N3O4. The molecule has 4 aromatic rings. The highest BCUT2D eigenvalue weighted by molar-refractivity contribution is 5.71. The summed E-state index contributed by atoms with van der Waals surface area (Å²) in [4.78, 5) is 15.2. The minimum atomic E-state index is -1.02. The maximum Gasteiger partial charge on any atom is 0.341 e. The molecule has 0 atom stereocenters. The molecule has 1 aromatic heterocycles. The van der Waals surface area contributed by atoms with Gasteiger partial charge in [-0.15, -0.1) is 5.10 Å². The van der Waals surface area contributed by atoms with Crippen LogP contribution in [0.4, 0.5) is 0 Å². The lowest BCUT2D eigenvalue weighted by atomic mass is 10.2. The van der Waals surface area contributed by atoms with Crippen LogP contribution in [0.3, 0.4) is 0 Å². The Kier molecular flexibility index (Phi) is 5.75. The number of benzene rings is 3. The first-order chi connectivity index (χ1) is 15.1. The van der Waals surface area contributed by atoms with Crippen LogP contribution < -0.4 is 4.74 Å². The van der Waals surface area contributed by atoms with Crippen LogP contribution in [0.5, 0.6) is 11.5 Å². The summed E-state index contributed by atoms with van der Waals surface area (Å²) in [6.07, 6.45) is 3.62. The highest BCUT2D eigenvalue weighted by Crippen LogP contribution is 2.29. The number of phenols is 1. The predicted molar refractivity (Wildman–Crippen MR) is 117 cm³/mol. The second kappa shape index (κ2) is 8.96. The van der Waals surface area contributed by atoms with Gasteiger partial charge in [0.15, 0.2) is 18.3 Å². The number of aliphatic carboxylic acids is 1. The Hall–Kier alpha value is -4.39. The van der Waals surface area contributed by atoms with Crippen LogP contribution in [-0.2, 0) is 4.79 Å². The lowest BCUT2D eigenvalue weighted by Crippen LogP contribution is -2.09. The van der Waals surface area contributed by atoms with Gasteiger partial charge in [0.2, 0.25) is 0 Å². The number of carboxylic acids is 1. The quantitative estimate of drug-likeness (QED) is 0.470. The van der Waals surface area contributed by atoms with Crippen molar-refractivity contribution in [2.45, 2.75) is 0 Å². The number of phenolic OH excluding ortho intramolecular Hbond substituents is 1. The van der Waals surface area contributed by atoms with E-state index in [-0.39, 0.29) is 12.4 Å². The van der Waals surface area contributed by atoms with Gasteiger partial charge in [-0.2, -0.15) is 0 Å². The molecule has 7 nitrogen and oxygen atoms in total. The van der Waals surface area contributed by atoms with Gasteiger partial charge in [-0.3, -0.25) is 0 Å². The molecule has 0 spiro atoms. The standard InChI is InChI=1S/C24H19N3O4/c28-21-9-5-4-8-20(21)24-25-22(26-27(24)18-6-2-1-3-7-18)15-12-17-10-13-19(14-11-17)31-16-23(29)30/h1-15,28H,16H2,(H,29,30). The summed E-state index contributed by atoms with van der Waals surface area (Å²) in [6.45, 7) is -0.384. The first kappa shape index (κ1) is 19.9. The second-order valence-corrected chi connectivity index (χ2v) is 6.64. The molecule has 0 amide bonds. The summed E-state index contributed by atoms with van der Waals surface area (Å²) in [5.41, 5.74) is 2.29. The SMILES string of the molecule is O=C(O)COc1ccc(C=Cc2nc(-c3ccccc3O)n(-c3ccccc3)n2)cc1. The minimum Gasteiger partial charge on any atom is -0.507 e. The molecule has 3 aromatic carbocycles. The highest BCUT2D eigenvalue weighted by Gasteiger charge is 2.15. The van der Waals surface area contributed by atoms with E-state index < -0.39 is 5.97 Å². The van der Waals surface area contributed by atoms with E-state index in [4.69, 9.17) is 9.84 Å². The number of aromatic hydroxyl groups is 1. The average molecular weight is 413 g/mol. The van der Waals surface area contributed by atoms with Crippen molar-refractivity contribution < 1.29 is 19.7 Å². The van der Waals surface area contributed by atoms with Gasteiger partial charge in [0, 0.05) is 0 Å². The number of hydrogen-bond acceptors (Lipinski definition) is 5. The summed E-state index contributed by atoms with van der Waals surface area (Å²) in [7, 11) is 0. The second-order valence-electron chi connectivity index (χ2n) is 6.64. The molecule has 4 rings (SSSR count). The zero-order valence-corrected chi connectivity index (χ0v) is 16.4. The van der Waals surface area contributed by atoms with Crippen molar-refractivity contribution in [1.29, 1.82) is 0 Å². The van der Waals surface area contributed by atoms with Crippen molar-refractivity contribution >= 4 is 18.1 Å². The van der Waals surface area contributed by atoms with E-state index in [0.29, 0.717) is 23.0 Å². The molecule has 0 saturated heterocycles. The lowest BCUT2D eigenvalue weighted by molar-refractivity contribution is -0.139. The Morgan fingerprint density at radius 3 is 2.35 bits per heavy atom. The van der Waals surface area contributed by atoms with Crippen LogP contribution in [0.1, 0.15) is 11.4 Å². The zero-order chi connectivity index (χ0) is 21.6. The Labute approximate surface area is 178 Å². The molecule has 31 heavy (non-hydrogen) atoms. The topological polar surface area (TPSA) is 97.5 Å². The van der Waals surface area contributed by atoms with Crippen LogP contribution in [-0.4, -0.2) is 37.6 Å². The van der Waals surface area contributed by atoms with E-state index in [0.717, 1.165) is 11.3 Å². The number of nitrogens with zero attached hydrogens (tertiary/aromatic N) is 3. The molecule has 7 heteroatoms. The number of ether oxygens (including phenoxy) is 1. The van der Waals surface area contributed by atoms with Crippen LogP contribution in [0.15, 0.2) is 78.9 Å². The summed E-state index contributed by atoms with van der Waals surface area (Å²) in [5.74, 6) is 0.589. The number of rotatable bonds is 7. The van der Waals surface area contributed by atoms with E-state index in [1.807, 2.05) is 54.6 Å². The Balaban J connectivity index is 1.63. The van der Waals surface area contributed by atoms with Crippen molar-refractivity contribution in [3.8, 4) is 28.6 Å². The monoisotopic (exact) mass is 413 g/mol. The molecule has 0 unspecified atom stereocenters. The third-order valence-electron chi connectivity index (χ3n) is 4.44. The predicted octanol–water partition coefficient (Wildman–Crippen LogP) is 4.27. The molecule has 0 aliphatic heterocycles. The summed E-state index contributed by atoms with van der Waals surface area (Å²) in [6, 6.07) is 23.6. The van der Waals surface area contributed by atoms with Crippen molar-refractivity contribution in [3.05, 3.63) is 90.3 Å². The van der Waals surface area contributed by atoms with E-state index >= 15 is 0 Å². The van der Waals surface area contributed by atoms with Gasteiger partial charge in [0.1, 0.15) is 11.5 Å². The first-order valence-corrected chi connectivity index (χ1v) is 9.54. The van der Waals surface area contributed by atoms with Crippen LogP contribution >= 0.6 is 0 Å². The molecule has 0 aliphatic carbocycles. The van der Waals surface area contributed by atoms with Gasteiger partial charge in [-0.25, -0.2) is 14.5 Å². The van der Waals surface area contributed by atoms with E-state index in [1.165, 1.54) is 0 Å². The van der Waals surface area contributed by atoms with Crippen molar-refractivity contribution in [2.24, 2.45) is 0 Å². The Morgan fingerprint density at radius 1 is 0.935 bits per heavy atom. The first-order valence-electron chi connectivity index (χ1n) is 9.54. The maximum atomic E-state index is 10.6. The molecule has 0 saturated carbocycles. The van der Waals surface area contributed by atoms with Crippen LogP contribution in [0.2, 0.25) is 0 Å². The van der Waals surface area contributed by atoms with Crippen molar-refractivity contribution in [3.63, 3.8) is 0 Å². The minimum absolute atomic E-state index is 0.125. The molecule has 0 fully saturated rings. The summed E-state index contributed by atoms with van der Waals surface area (Å²) >= 11 is 0. The third-order valence-corrected chi connectivity index (χ3v) is 4.44. The van der Waals surface area contributed by atoms with Crippen molar-refractivity contribution in [2.75, 3.05) is 6.61 Å². The van der Waals surface area contributed by atoms with Crippen LogP contribution in [0, 0.1) is 0 Å². The summed E-state index contributed by atoms with van der Waals surface area (Å²) < 4.78 is 6.83. The number of carbonyl (C=O) groups is 1. The maximum absolute atomic E-state index is 10.6. The smallest absolute Gasteiger partial charge is 0.341 e. The fourth-order valence-corrected chi connectivity index (χ4v) is 2.98. The number of aromatic nitrogens is 3. The Morgan fingerprint density at radius 2 is 1.65 bits per heavy atom. The van der Waals surface area contributed by atoms with Gasteiger partial charge in [-0.1, -0.05) is 48.5 Å². The van der Waals surface area contributed by atoms with Gasteiger partial charge < -0.3 is 14.9 Å². The van der Waals surface area contributed by atoms with E-state index in [9.17, 15) is 9.90 Å². The molecule has 154 valence electrons. The zero-order valence-electron chi connectivity index (χ0n) is 16.4. The molecule has 0 aliphatic rings. The highest BCUT2D eigenvalue weighted by atomic mass is 16.5.